The van der Waals surface area contributed by atoms with Crippen LogP contribution in [0.2, 0.25) is 0 Å². The van der Waals surface area contributed by atoms with Gasteiger partial charge in [0.15, 0.2) is 0 Å². The molecule has 0 aliphatic carbocycles. The molecule has 0 saturated heterocycles. The topological polar surface area (TPSA) is 24.1 Å². The Morgan fingerprint density at radius 3 is 2.90 bits per heavy atom. The van der Waals surface area contributed by atoms with E-state index in [0.717, 1.165) is 11.1 Å². The van der Waals surface area contributed by atoms with Crippen LogP contribution in [0.5, 0.6) is 0 Å². The van der Waals surface area contributed by atoms with Gasteiger partial charge in [-0.25, -0.2) is 0 Å². The van der Waals surface area contributed by atoms with Gasteiger partial charge in [0.2, 0.25) is 0 Å². The lowest BCUT2D eigenvalue weighted by atomic mass is 10.3. The van der Waals surface area contributed by atoms with Crippen LogP contribution in [0, 0.1) is 0 Å². The summed E-state index contributed by atoms with van der Waals surface area (Å²) in [6.45, 7) is 0.839. The summed E-state index contributed by atoms with van der Waals surface area (Å²) in [6.07, 6.45) is 0. The monoisotopic (exact) mass is 198 g/mol. The van der Waals surface area contributed by atoms with E-state index < -0.39 is 0 Å². The van der Waals surface area contributed by atoms with Gasteiger partial charge in [0, 0.05) is 4.47 Å². The summed E-state index contributed by atoms with van der Waals surface area (Å²) in [7, 11) is 0. The molecule has 0 fully saturated rings. The molecule has 1 heterocycles. The molecule has 2 N–H and O–H groups in total. The third-order valence-corrected chi connectivity index (χ3v) is 2.03. The van der Waals surface area contributed by atoms with Crippen molar-refractivity contribution in [3.63, 3.8) is 0 Å². The first kappa shape index (κ1) is 6.04. The van der Waals surface area contributed by atoms with Crippen LogP contribution < -0.4 is 10.6 Å². The lowest BCUT2D eigenvalue weighted by Gasteiger charge is -1.96. The summed E-state index contributed by atoms with van der Waals surface area (Å²) in [4.78, 5) is 0. The predicted octanol–water partition coefficient (Wildman–Crippen LogP) is 2.24. The van der Waals surface area contributed by atoms with E-state index >= 15 is 0 Å². The van der Waals surface area contributed by atoms with Crippen LogP contribution in [-0.4, -0.2) is 6.67 Å². The molecule has 0 atom stereocenters. The number of nitrogens with one attached hydrogen (secondary N) is 2. The van der Waals surface area contributed by atoms with Crippen molar-refractivity contribution in [1.82, 2.24) is 0 Å². The van der Waals surface area contributed by atoms with Crippen molar-refractivity contribution < 1.29 is 0 Å². The maximum atomic E-state index is 3.40. The summed E-state index contributed by atoms with van der Waals surface area (Å²) in [6, 6.07) is 6.15. The molecule has 0 unspecified atom stereocenters. The van der Waals surface area contributed by atoms with Crippen LogP contribution >= 0.6 is 15.9 Å². The van der Waals surface area contributed by atoms with Gasteiger partial charge in [-0.3, -0.25) is 0 Å². The molecule has 0 bridgehead atoms. The normalized spacial score (nSPS) is 13.7. The van der Waals surface area contributed by atoms with Crippen LogP contribution in [0.25, 0.3) is 0 Å². The summed E-state index contributed by atoms with van der Waals surface area (Å²) in [5.74, 6) is 0. The number of rotatable bonds is 0. The Hall–Kier alpha value is -0.700. The molecule has 1 aromatic rings. The van der Waals surface area contributed by atoms with Gasteiger partial charge in [0.25, 0.3) is 0 Å². The minimum atomic E-state index is 0.839. The van der Waals surface area contributed by atoms with E-state index in [1.54, 1.807) is 0 Å². The van der Waals surface area contributed by atoms with Crippen LogP contribution in [0.15, 0.2) is 22.7 Å². The standard InChI is InChI=1S/C7H7BrN2/c8-5-1-2-6-7(3-5)10-4-9-6/h1-3,9-10H,4H2. The molecule has 10 heavy (non-hydrogen) atoms. The van der Waals surface area contributed by atoms with Crippen LogP contribution in [-0.2, 0) is 0 Å². The molecule has 0 amide bonds. The van der Waals surface area contributed by atoms with Crippen molar-refractivity contribution in [3.05, 3.63) is 22.7 Å². The maximum absolute atomic E-state index is 3.40. The average Bonchev–Trinajstić information content (AvgIpc) is 2.33. The first-order valence-electron chi connectivity index (χ1n) is 3.13. The molecule has 1 aliphatic heterocycles. The number of hydrogen-bond acceptors (Lipinski definition) is 2. The fourth-order valence-corrected chi connectivity index (χ4v) is 1.41. The maximum Gasteiger partial charge on any atom is 0.0850 e. The third-order valence-electron chi connectivity index (χ3n) is 1.54. The number of halogens is 1. The van der Waals surface area contributed by atoms with E-state index in [9.17, 15) is 0 Å². The predicted molar refractivity (Wildman–Crippen MR) is 46.3 cm³/mol. The Bertz CT molecular complexity index is 260. The first-order valence-corrected chi connectivity index (χ1v) is 3.93. The molecule has 1 aliphatic rings. The molecular weight excluding hydrogens is 192 g/mol. The highest BCUT2D eigenvalue weighted by Crippen LogP contribution is 2.28. The van der Waals surface area contributed by atoms with Crippen LogP contribution in [0.4, 0.5) is 11.4 Å². The summed E-state index contributed by atoms with van der Waals surface area (Å²) in [5.41, 5.74) is 2.36. The molecule has 0 radical (unpaired) electrons. The Morgan fingerprint density at radius 2 is 2.00 bits per heavy atom. The van der Waals surface area contributed by atoms with Gasteiger partial charge in [0.1, 0.15) is 0 Å². The highest BCUT2D eigenvalue weighted by atomic mass is 79.9. The number of anilines is 2. The van der Waals surface area contributed by atoms with Gasteiger partial charge in [0.05, 0.1) is 18.0 Å². The summed E-state index contributed by atoms with van der Waals surface area (Å²) in [5, 5.41) is 6.40. The van der Waals surface area contributed by atoms with Crippen molar-refractivity contribution in [1.29, 1.82) is 0 Å². The van der Waals surface area contributed by atoms with E-state index in [4.69, 9.17) is 0 Å². The molecule has 1 aromatic carbocycles. The smallest absolute Gasteiger partial charge is 0.0850 e. The van der Waals surface area contributed by atoms with Crippen molar-refractivity contribution in [2.45, 2.75) is 0 Å². The molecule has 0 spiro atoms. The Balaban J connectivity index is 2.52. The Morgan fingerprint density at radius 1 is 1.20 bits per heavy atom. The largest absolute Gasteiger partial charge is 0.366 e. The first-order chi connectivity index (χ1) is 4.86. The summed E-state index contributed by atoms with van der Waals surface area (Å²) < 4.78 is 1.11. The fourth-order valence-electron chi connectivity index (χ4n) is 1.05. The third kappa shape index (κ3) is 0.865. The Labute approximate surface area is 67.8 Å². The zero-order chi connectivity index (χ0) is 6.97. The minimum Gasteiger partial charge on any atom is -0.366 e. The molecule has 0 aromatic heterocycles. The number of hydrogen-bond donors (Lipinski definition) is 2. The van der Waals surface area contributed by atoms with Gasteiger partial charge < -0.3 is 10.6 Å². The SMILES string of the molecule is Brc1ccc2c(c1)NCN2. The Kier molecular flexibility index (Phi) is 1.31. The van der Waals surface area contributed by atoms with E-state index in [2.05, 4.69) is 38.7 Å². The second kappa shape index (κ2) is 2.16. The molecular formula is C7H7BrN2. The molecule has 2 nitrogen and oxygen atoms in total. The second-order valence-electron chi connectivity index (χ2n) is 2.22. The van der Waals surface area contributed by atoms with Crippen molar-refractivity contribution in [2.75, 3.05) is 17.3 Å². The van der Waals surface area contributed by atoms with E-state index in [-0.39, 0.29) is 0 Å². The van der Waals surface area contributed by atoms with E-state index in [0.29, 0.717) is 0 Å². The molecule has 3 heteroatoms. The van der Waals surface area contributed by atoms with Crippen molar-refractivity contribution in [2.24, 2.45) is 0 Å². The van der Waals surface area contributed by atoms with Crippen molar-refractivity contribution >= 4 is 27.3 Å². The van der Waals surface area contributed by atoms with Crippen LogP contribution in [0.1, 0.15) is 0 Å². The van der Waals surface area contributed by atoms with E-state index in [1.165, 1.54) is 11.4 Å². The average molecular weight is 199 g/mol. The highest BCUT2D eigenvalue weighted by molar-refractivity contribution is 9.10. The number of fused-ring (bicyclic) bond motifs is 1. The molecule has 2 rings (SSSR count). The summed E-state index contributed by atoms with van der Waals surface area (Å²) >= 11 is 3.40. The zero-order valence-corrected chi connectivity index (χ0v) is 6.90. The minimum absolute atomic E-state index is 0.839. The van der Waals surface area contributed by atoms with Gasteiger partial charge in [-0.1, -0.05) is 15.9 Å². The second-order valence-corrected chi connectivity index (χ2v) is 3.14. The fraction of sp³-hybridized carbons (Fsp3) is 0.143. The van der Waals surface area contributed by atoms with Gasteiger partial charge in [-0.05, 0) is 18.2 Å². The quantitative estimate of drug-likeness (QED) is 0.669. The van der Waals surface area contributed by atoms with Gasteiger partial charge in [-0.2, -0.15) is 0 Å². The highest BCUT2D eigenvalue weighted by Gasteiger charge is 2.06. The van der Waals surface area contributed by atoms with Crippen LogP contribution in [0.3, 0.4) is 0 Å². The lowest BCUT2D eigenvalue weighted by molar-refractivity contribution is 1.31. The van der Waals surface area contributed by atoms with Gasteiger partial charge in [-0.15, -0.1) is 0 Å². The molecule has 0 saturated carbocycles. The van der Waals surface area contributed by atoms with Crippen molar-refractivity contribution in [3.8, 4) is 0 Å². The lowest BCUT2D eigenvalue weighted by Crippen LogP contribution is -1.98. The van der Waals surface area contributed by atoms with E-state index in [1.807, 2.05) is 6.07 Å². The number of benzene rings is 1. The van der Waals surface area contributed by atoms with Gasteiger partial charge >= 0.3 is 0 Å². The zero-order valence-electron chi connectivity index (χ0n) is 5.32. The molecule has 52 valence electrons.